The van der Waals surface area contributed by atoms with Crippen LogP contribution < -0.4 is 5.73 Å². The maximum absolute atomic E-state index is 5.59. The second kappa shape index (κ2) is 4.49. The van der Waals surface area contributed by atoms with E-state index in [2.05, 4.69) is 27.6 Å². The highest BCUT2D eigenvalue weighted by Gasteiger charge is 2.04. The van der Waals surface area contributed by atoms with Crippen LogP contribution in [0.5, 0.6) is 0 Å². The first kappa shape index (κ1) is 10.9. The summed E-state index contributed by atoms with van der Waals surface area (Å²) in [5.41, 5.74) is 7.37. The average molecular weight is 232 g/mol. The molecule has 0 aliphatic rings. The first-order chi connectivity index (χ1) is 7.66. The maximum Gasteiger partial charge on any atom is 0.163 e. The molecule has 1 atom stereocenters. The predicted molar refractivity (Wildman–Crippen MR) is 67.1 cm³/mol. The van der Waals surface area contributed by atoms with Crippen LogP contribution >= 0.6 is 12.6 Å². The van der Waals surface area contributed by atoms with Crippen LogP contribution in [0.25, 0.3) is 11.4 Å². The van der Waals surface area contributed by atoms with Crippen molar-refractivity contribution in [3.05, 3.63) is 36.3 Å². The van der Waals surface area contributed by atoms with Crippen LogP contribution in [0.1, 0.15) is 17.9 Å². The molecular formula is C11H12N4S. The number of nitrogens with zero attached hydrogens (tertiary/aromatic N) is 3. The molecule has 0 saturated carbocycles. The summed E-state index contributed by atoms with van der Waals surface area (Å²) in [7, 11) is 0. The van der Waals surface area contributed by atoms with Crippen LogP contribution in [0.4, 0.5) is 5.82 Å². The van der Waals surface area contributed by atoms with E-state index in [0.29, 0.717) is 11.6 Å². The van der Waals surface area contributed by atoms with Gasteiger partial charge in [0, 0.05) is 23.2 Å². The molecule has 0 spiro atoms. The SMILES string of the molecule is CC(S)c1ccc(-c2nccc(N)n2)cn1. The minimum absolute atomic E-state index is 0.121. The topological polar surface area (TPSA) is 64.7 Å². The van der Waals surface area contributed by atoms with Gasteiger partial charge in [0.2, 0.25) is 0 Å². The highest BCUT2D eigenvalue weighted by atomic mass is 32.1. The number of hydrogen-bond donors (Lipinski definition) is 2. The summed E-state index contributed by atoms with van der Waals surface area (Å²) in [6.45, 7) is 1.97. The predicted octanol–water partition coefficient (Wildman–Crippen LogP) is 2.11. The molecule has 0 radical (unpaired) electrons. The molecule has 1 unspecified atom stereocenters. The van der Waals surface area contributed by atoms with Gasteiger partial charge in [0.1, 0.15) is 5.82 Å². The molecule has 16 heavy (non-hydrogen) atoms. The fourth-order valence-electron chi connectivity index (χ4n) is 1.30. The van der Waals surface area contributed by atoms with Crippen molar-refractivity contribution in [2.45, 2.75) is 12.2 Å². The zero-order valence-electron chi connectivity index (χ0n) is 8.83. The molecule has 0 fully saturated rings. The van der Waals surface area contributed by atoms with Crippen LogP contribution in [0, 0.1) is 0 Å². The van der Waals surface area contributed by atoms with Crippen molar-refractivity contribution >= 4 is 18.4 Å². The lowest BCUT2D eigenvalue weighted by atomic mass is 10.2. The summed E-state index contributed by atoms with van der Waals surface area (Å²) >= 11 is 4.31. The minimum atomic E-state index is 0.121. The molecule has 2 aromatic heterocycles. The second-order valence-electron chi connectivity index (χ2n) is 3.45. The van der Waals surface area contributed by atoms with Gasteiger partial charge in [0.25, 0.3) is 0 Å². The second-order valence-corrected chi connectivity index (χ2v) is 4.23. The molecule has 0 bridgehead atoms. The summed E-state index contributed by atoms with van der Waals surface area (Å²) in [6.07, 6.45) is 3.36. The third-order valence-electron chi connectivity index (χ3n) is 2.15. The summed E-state index contributed by atoms with van der Waals surface area (Å²) < 4.78 is 0. The molecule has 2 rings (SSSR count). The summed E-state index contributed by atoms with van der Waals surface area (Å²) in [5.74, 6) is 1.04. The van der Waals surface area contributed by atoms with E-state index >= 15 is 0 Å². The Kier molecular flexibility index (Phi) is 3.05. The summed E-state index contributed by atoms with van der Waals surface area (Å²) in [5, 5.41) is 0.121. The Hall–Kier alpha value is -1.62. The molecule has 5 heteroatoms. The number of nitrogen functional groups attached to an aromatic ring is 1. The smallest absolute Gasteiger partial charge is 0.163 e. The van der Waals surface area contributed by atoms with E-state index in [1.165, 1.54) is 0 Å². The molecule has 2 heterocycles. The van der Waals surface area contributed by atoms with Gasteiger partial charge >= 0.3 is 0 Å². The van der Waals surface area contributed by atoms with E-state index in [1.54, 1.807) is 18.5 Å². The first-order valence-corrected chi connectivity index (χ1v) is 5.41. The average Bonchev–Trinajstić information content (AvgIpc) is 2.29. The first-order valence-electron chi connectivity index (χ1n) is 4.90. The Labute approximate surface area is 99.4 Å². The number of pyridine rings is 1. The van der Waals surface area contributed by atoms with Gasteiger partial charge < -0.3 is 5.73 Å². The van der Waals surface area contributed by atoms with Crippen molar-refractivity contribution in [2.24, 2.45) is 0 Å². The summed E-state index contributed by atoms with van der Waals surface area (Å²) in [6, 6.07) is 5.49. The Balaban J connectivity index is 2.35. The molecule has 2 N–H and O–H groups in total. The van der Waals surface area contributed by atoms with Crippen LogP contribution in [0.3, 0.4) is 0 Å². The Morgan fingerprint density at radius 2 is 2.06 bits per heavy atom. The van der Waals surface area contributed by atoms with Crippen LogP contribution in [-0.4, -0.2) is 15.0 Å². The van der Waals surface area contributed by atoms with Gasteiger partial charge in [-0.1, -0.05) is 0 Å². The van der Waals surface area contributed by atoms with Gasteiger partial charge in [-0.05, 0) is 25.1 Å². The van der Waals surface area contributed by atoms with E-state index in [4.69, 9.17) is 5.73 Å². The van der Waals surface area contributed by atoms with E-state index in [-0.39, 0.29) is 5.25 Å². The van der Waals surface area contributed by atoms with Crippen LogP contribution in [-0.2, 0) is 0 Å². The molecule has 0 aromatic carbocycles. The Morgan fingerprint density at radius 1 is 1.25 bits per heavy atom. The van der Waals surface area contributed by atoms with Gasteiger partial charge in [0.15, 0.2) is 5.82 Å². The van der Waals surface area contributed by atoms with E-state index < -0.39 is 0 Å². The highest BCUT2D eigenvalue weighted by Crippen LogP contribution is 2.19. The van der Waals surface area contributed by atoms with Crippen molar-refractivity contribution in [3.8, 4) is 11.4 Å². The molecule has 0 amide bonds. The number of anilines is 1. The lowest BCUT2D eigenvalue weighted by Crippen LogP contribution is -1.96. The quantitative estimate of drug-likeness (QED) is 0.778. The normalized spacial score (nSPS) is 12.4. The minimum Gasteiger partial charge on any atom is -0.384 e. The maximum atomic E-state index is 5.59. The number of thiol groups is 1. The number of nitrogens with two attached hydrogens (primary N) is 1. The van der Waals surface area contributed by atoms with Crippen LogP contribution in [0.2, 0.25) is 0 Å². The van der Waals surface area contributed by atoms with Gasteiger partial charge in [-0.15, -0.1) is 0 Å². The monoisotopic (exact) mass is 232 g/mol. The summed E-state index contributed by atoms with van der Waals surface area (Å²) in [4.78, 5) is 12.5. The number of hydrogen-bond acceptors (Lipinski definition) is 5. The third kappa shape index (κ3) is 2.30. The van der Waals surface area contributed by atoms with Crippen molar-refractivity contribution in [1.29, 1.82) is 0 Å². The Morgan fingerprint density at radius 3 is 2.62 bits per heavy atom. The molecule has 0 aliphatic heterocycles. The van der Waals surface area contributed by atoms with Crippen molar-refractivity contribution in [1.82, 2.24) is 15.0 Å². The van der Waals surface area contributed by atoms with Gasteiger partial charge in [-0.25, -0.2) is 9.97 Å². The largest absolute Gasteiger partial charge is 0.384 e. The molecule has 2 aromatic rings. The molecule has 82 valence electrons. The Bertz CT molecular complexity index is 482. The molecule has 4 nitrogen and oxygen atoms in total. The van der Waals surface area contributed by atoms with Crippen molar-refractivity contribution < 1.29 is 0 Å². The van der Waals surface area contributed by atoms with E-state index in [9.17, 15) is 0 Å². The molecule has 0 aliphatic carbocycles. The van der Waals surface area contributed by atoms with Crippen molar-refractivity contribution in [3.63, 3.8) is 0 Å². The zero-order chi connectivity index (χ0) is 11.5. The standard InChI is InChI=1S/C11H12N4S/c1-7(16)9-3-2-8(6-14-9)11-13-5-4-10(12)15-11/h2-7,16H,1H3,(H2,12,13,15). The van der Waals surface area contributed by atoms with Gasteiger partial charge in [-0.3, -0.25) is 4.98 Å². The number of aromatic nitrogens is 3. The third-order valence-corrected chi connectivity index (χ3v) is 2.41. The fourth-order valence-corrected chi connectivity index (χ4v) is 1.45. The molecule has 0 saturated heterocycles. The zero-order valence-corrected chi connectivity index (χ0v) is 9.72. The fraction of sp³-hybridized carbons (Fsp3) is 0.182. The van der Waals surface area contributed by atoms with E-state index in [1.807, 2.05) is 19.1 Å². The highest BCUT2D eigenvalue weighted by molar-refractivity contribution is 7.80. The van der Waals surface area contributed by atoms with Gasteiger partial charge in [-0.2, -0.15) is 12.6 Å². The lowest BCUT2D eigenvalue weighted by Gasteiger charge is -2.04. The van der Waals surface area contributed by atoms with Gasteiger partial charge in [0.05, 0.1) is 5.69 Å². The van der Waals surface area contributed by atoms with Crippen molar-refractivity contribution in [2.75, 3.05) is 5.73 Å². The number of rotatable bonds is 2. The lowest BCUT2D eigenvalue weighted by molar-refractivity contribution is 1.01. The van der Waals surface area contributed by atoms with E-state index in [0.717, 1.165) is 11.3 Å². The molecular weight excluding hydrogens is 220 g/mol. The van der Waals surface area contributed by atoms with Crippen LogP contribution in [0.15, 0.2) is 30.6 Å².